The zero-order chi connectivity index (χ0) is 10.6. The third-order valence-corrected chi connectivity index (χ3v) is 2.84. The highest BCUT2D eigenvalue weighted by Gasteiger charge is 2.23. The molecule has 1 N–H and O–H groups in total. The van der Waals surface area contributed by atoms with Crippen LogP contribution in [0.5, 0.6) is 0 Å². The van der Waals surface area contributed by atoms with Crippen LogP contribution in [0.4, 0.5) is 0 Å². The lowest BCUT2D eigenvalue weighted by atomic mass is 9.86. The lowest BCUT2D eigenvalue weighted by Crippen LogP contribution is -2.24. The Morgan fingerprint density at radius 3 is 2.64 bits per heavy atom. The van der Waals surface area contributed by atoms with Gasteiger partial charge >= 0.3 is 0 Å². The first-order valence-electron chi connectivity index (χ1n) is 5.03. The smallest absolute Gasteiger partial charge is 0.169 e. The van der Waals surface area contributed by atoms with Crippen LogP contribution in [0.1, 0.15) is 33.0 Å². The molecule has 3 heteroatoms. The maximum absolute atomic E-state index is 5.57. The predicted octanol–water partition coefficient (Wildman–Crippen LogP) is 3.32. The van der Waals surface area contributed by atoms with Crippen molar-refractivity contribution in [2.45, 2.75) is 32.6 Å². The molecule has 0 aromatic carbocycles. The summed E-state index contributed by atoms with van der Waals surface area (Å²) in [5.41, 5.74) is 0.105. The van der Waals surface area contributed by atoms with E-state index in [1.54, 1.807) is 0 Å². The second kappa shape index (κ2) is 4.99. The van der Waals surface area contributed by atoms with Gasteiger partial charge in [0.05, 0.1) is 0 Å². The van der Waals surface area contributed by atoms with E-state index in [0.29, 0.717) is 0 Å². The molecule has 1 aromatic heterocycles. The minimum absolute atomic E-state index is 0.105. The maximum atomic E-state index is 5.57. The van der Waals surface area contributed by atoms with Gasteiger partial charge in [-0.25, -0.2) is 0 Å². The van der Waals surface area contributed by atoms with Crippen molar-refractivity contribution >= 4 is 15.9 Å². The van der Waals surface area contributed by atoms with Gasteiger partial charge in [-0.2, -0.15) is 0 Å². The van der Waals surface area contributed by atoms with Crippen molar-refractivity contribution in [2.75, 3.05) is 13.1 Å². The fourth-order valence-corrected chi connectivity index (χ4v) is 1.69. The summed E-state index contributed by atoms with van der Waals surface area (Å²) in [7, 11) is 0. The second-order valence-electron chi connectivity index (χ2n) is 4.09. The van der Waals surface area contributed by atoms with E-state index in [9.17, 15) is 0 Å². The van der Waals surface area contributed by atoms with Gasteiger partial charge in [0.2, 0.25) is 0 Å². The van der Waals surface area contributed by atoms with E-state index in [1.165, 1.54) is 0 Å². The molecular weight excluding hydrogens is 242 g/mol. The van der Waals surface area contributed by atoms with Crippen LogP contribution in [0, 0.1) is 0 Å². The molecule has 0 bridgehead atoms. The van der Waals surface area contributed by atoms with Crippen LogP contribution >= 0.6 is 15.9 Å². The minimum atomic E-state index is 0.105. The van der Waals surface area contributed by atoms with Crippen molar-refractivity contribution < 1.29 is 4.42 Å². The van der Waals surface area contributed by atoms with Gasteiger partial charge in [-0.3, -0.25) is 0 Å². The van der Waals surface area contributed by atoms with Crippen LogP contribution in [-0.2, 0) is 5.41 Å². The third kappa shape index (κ3) is 3.14. The van der Waals surface area contributed by atoms with Crippen LogP contribution in [0.25, 0.3) is 0 Å². The number of rotatable bonds is 5. The Balaban J connectivity index is 2.56. The summed E-state index contributed by atoms with van der Waals surface area (Å²) in [6.07, 6.45) is 1.08. The lowest BCUT2D eigenvalue weighted by molar-refractivity contribution is 0.351. The highest BCUT2D eigenvalue weighted by atomic mass is 79.9. The molecule has 80 valence electrons. The van der Waals surface area contributed by atoms with E-state index in [0.717, 1.165) is 29.9 Å². The Bertz CT molecular complexity index is 281. The van der Waals surface area contributed by atoms with Gasteiger partial charge in [-0.05, 0) is 47.6 Å². The number of hydrogen-bond donors (Lipinski definition) is 1. The topological polar surface area (TPSA) is 25.2 Å². The Labute approximate surface area is 94.2 Å². The molecule has 0 unspecified atom stereocenters. The standard InChI is InChI=1S/C11H18BrNO/c1-4-13-8-7-11(2,3)9-5-6-10(12)14-9/h5-6,13H,4,7-8H2,1-3H3. The van der Waals surface area contributed by atoms with Crippen molar-refractivity contribution in [2.24, 2.45) is 0 Å². The van der Waals surface area contributed by atoms with E-state index in [2.05, 4.69) is 42.0 Å². The maximum Gasteiger partial charge on any atom is 0.169 e. The molecule has 1 rings (SSSR count). The van der Waals surface area contributed by atoms with Gasteiger partial charge in [0.25, 0.3) is 0 Å². The first-order valence-corrected chi connectivity index (χ1v) is 5.82. The van der Waals surface area contributed by atoms with E-state index in [4.69, 9.17) is 4.42 Å². The van der Waals surface area contributed by atoms with Gasteiger partial charge in [0, 0.05) is 5.41 Å². The molecule has 0 aliphatic heterocycles. The SMILES string of the molecule is CCNCCC(C)(C)c1ccc(Br)o1. The Hall–Kier alpha value is -0.280. The molecule has 1 heterocycles. The monoisotopic (exact) mass is 259 g/mol. The van der Waals surface area contributed by atoms with E-state index >= 15 is 0 Å². The molecule has 0 atom stereocenters. The third-order valence-electron chi connectivity index (χ3n) is 2.42. The van der Waals surface area contributed by atoms with Crippen LogP contribution in [0.3, 0.4) is 0 Å². The van der Waals surface area contributed by atoms with Crippen LogP contribution in [-0.4, -0.2) is 13.1 Å². The molecule has 0 saturated carbocycles. The van der Waals surface area contributed by atoms with E-state index in [-0.39, 0.29) is 5.41 Å². The molecule has 1 aromatic rings. The van der Waals surface area contributed by atoms with Gasteiger partial charge in [0.1, 0.15) is 5.76 Å². The van der Waals surface area contributed by atoms with Gasteiger partial charge in [-0.15, -0.1) is 0 Å². The molecule has 0 spiro atoms. The van der Waals surface area contributed by atoms with Gasteiger partial charge < -0.3 is 9.73 Å². The van der Waals surface area contributed by atoms with Crippen molar-refractivity contribution in [3.63, 3.8) is 0 Å². The molecule has 0 aliphatic rings. The number of halogens is 1. The highest BCUT2D eigenvalue weighted by Crippen LogP contribution is 2.29. The van der Waals surface area contributed by atoms with Crippen molar-refractivity contribution in [3.8, 4) is 0 Å². The van der Waals surface area contributed by atoms with Crippen molar-refractivity contribution in [1.82, 2.24) is 5.32 Å². The number of nitrogens with one attached hydrogen (secondary N) is 1. The van der Waals surface area contributed by atoms with Crippen LogP contribution < -0.4 is 5.32 Å². The fourth-order valence-electron chi connectivity index (χ4n) is 1.38. The molecule has 2 nitrogen and oxygen atoms in total. The molecular formula is C11H18BrNO. The zero-order valence-electron chi connectivity index (χ0n) is 9.06. The molecule has 0 radical (unpaired) electrons. The van der Waals surface area contributed by atoms with Gasteiger partial charge in [-0.1, -0.05) is 20.8 Å². The summed E-state index contributed by atoms with van der Waals surface area (Å²) in [6, 6.07) is 3.99. The van der Waals surface area contributed by atoms with Crippen LogP contribution in [0.15, 0.2) is 21.2 Å². The Morgan fingerprint density at radius 2 is 2.14 bits per heavy atom. The largest absolute Gasteiger partial charge is 0.454 e. The molecule has 0 fully saturated rings. The summed E-state index contributed by atoms with van der Waals surface area (Å²) in [5.74, 6) is 1.04. The summed E-state index contributed by atoms with van der Waals surface area (Å²) >= 11 is 3.32. The average molecular weight is 260 g/mol. The summed E-state index contributed by atoms with van der Waals surface area (Å²) in [4.78, 5) is 0. The first-order chi connectivity index (χ1) is 6.56. The fraction of sp³-hybridized carbons (Fsp3) is 0.636. The average Bonchev–Trinajstić information content (AvgIpc) is 2.53. The summed E-state index contributed by atoms with van der Waals surface area (Å²) in [5, 5.41) is 3.33. The quantitative estimate of drug-likeness (QED) is 0.821. The van der Waals surface area contributed by atoms with Crippen LogP contribution in [0.2, 0.25) is 0 Å². The summed E-state index contributed by atoms with van der Waals surface area (Å²) in [6.45, 7) is 8.58. The van der Waals surface area contributed by atoms with E-state index in [1.807, 2.05) is 12.1 Å². The Morgan fingerprint density at radius 1 is 1.43 bits per heavy atom. The second-order valence-corrected chi connectivity index (χ2v) is 4.87. The molecule has 14 heavy (non-hydrogen) atoms. The first kappa shape index (κ1) is 11.8. The normalized spacial score (nSPS) is 12.0. The predicted molar refractivity (Wildman–Crippen MR) is 62.6 cm³/mol. The van der Waals surface area contributed by atoms with E-state index < -0.39 is 0 Å². The minimum Gasteiger partial charge on any atom is -0.454 e. The lowest BCUT2D eigenvalue weighted by Gasteiger charge is -2.21. The van der Waals surface area contributed by atoms with Gasteiger partial charge in [0.15, 0.2) is 4.67 Å². The number of furan rings is 1. The Kier molecular flexibility index (Phi) is 4.20. The van der Waals surface area contributed by atoms with Crippen molar-refractivity contribution in [3.05, 3.63) is 22.6 Å². The zero-order valence-corrected chi connectivity index (χ0v) is 10.6. The molecule has 0 amide bonds. The molecule has 0 aliphatic carbocycles. The number of hydrogen-bond acceptors (Lipinski definition) is 2. The highest BCUT2D eigenvalue weighted by molar-refractivity contribution is 9.10. The van der Waals surface area contributed by atoms with Crippen molar-refractivity contribution in [1.29, 1.82) is 0 Å². The molecule has 0 saturated heterocycles. The summed E-state index contributed by atoms with van der Waals surface area (Å²) < 4.78 is 6.38.